The topological polar surface area (TPSA) is 84.9 Å². The fourth-order valence-electron chi connectivity index (χ4n) is 4.02. The van der Waals surface area contributed by atoms with Gasteiger partial charge in [-0.1, -0.05) is 32.9 Å². The van der Waals surface area contributed by atoms with Crippen molar-refractivity contribution in [1.82, 2.24) is 5.32 Å². The van der Waals surface area contributed by atoms with E-state index in [1.165, 1.54) is 0 Å². The molecular formula is C24H37NO5. The number of carbonyl (C=O) groups is 2. The number of ether oxygens (including phenoxy) is 2. The van der Waals surface area contributed by atoms with E-state index < -0.39 is 18.2 Å². The van der Waals surface area contributed by atoms with Gasteiger partial charge in [-0.3, -0.25) is 4.79 Å². The second-order valence-corrected chi connectivity index (χ2v) is 9.31. The summed E-state index contributed by atoms with van der Waals surface area (Å²) in [5, 5.41) is 12.3. The molecule has 2 atom stereocenters. The highest BCUT2D eigenvalue weighted by atomic mass is 16.5. The van der Waals surface area contributed by atoms with Crippen LogP contribution in [0.4, 0.5) is 0 Å². The van der Waals surface area contributed by atoms with Crippen LogP contribution in [0.5, 0.6) is 5.75 Å². The van der Waals surface area contributed by atoms with Crippen molar-refractivity contribution in [3.05, 3.63) is 29.8 Å². The number of amides is 1. The third kappa shape index (κ3) is 7.31. The highest BCUT2D eigenvalue weighted by Gasteiger charge is 2.31. The van der Waals surface area contributed by atoms with Gasteiger partial charge in [-0.25, -0.2) is 4.79 Å². The minimum atomic E-state index is -0.973. The summed E-state index contributed by atoms with van der Waals surface area (Å²) < 4.78 is 11.0. The van der Waals surface area contributed by atoms with Gasteiger partial charge in [0.2, 0.25) is 0 Å². The predicted molar refractivity (Wildman–Crippen MR) is 117 cm³/mol. The summed E-state index contributed by atoms with van der Waals surface area (Å²) in [4.78, 5) is 23.8. The van der Waals surface area contributed by atoms with E-state index in [9.17, 15) is 14.7 Å². The minimum Gasteiger partial charge on any atom is -0.481 e. The van der Waals surface area contributed by atoms with E-state index in [2.05, 4.69) is 26.1 Å². The molecule has 0 saturated heterocycles. The molecule has 1 saturated carbocycles. The lowest BCUT2D eigenvalue weighted by Gasteiger charge is -2.37. The highest BCUT2D eigenvalue weighted by Crippen LogP contribution is 2.37. The Morgan fingerprint density at radius 2 is 1.73 bits per heavy atom. The van der Waals surface area contributed by atoms with Crippen molar-refractivity contribution in [2.45, 2.75) is 85.0 Å². The number of carbonyl (C=O) groups excluding carboxylic acids is 1. The van der Waals surface area contributed by atoms with Crippen molar-refractivity contribution >= 4 is 11.9 Å². The van der Waals surface area contributed by atoms with E-state index >= 15 is 0 Å². The van der Waals surface area contributed by atoms with Gasteiger partial charge in [-0.15, -0.1) is 0 Å². The van der Waals surface area contributed by atoms with Gasteiger partial charge < -0.3 is 19.9 Å². The fourth-order valence-corrected chi connectivity index (χ4v) is 4.02. The monoisotopic (exact) mass is 419 g/mol. The molecule has 1 aliphatic rings. The van der Waals surface area contributed by atoms with Crippen LogP contribution in [-0.4, -0.2) is 41.8 Å². The predicted octanol–water partition coefficient (Wildman–Crippen LogP) is 4.21. The second-order valence-electron chi connectivity index (χ2n) is 9.31. The quantitative estimate of drug-likeness (QED) is 0.626. The van der Waals surface area contributed by atoms with E-state index in [0.29, 0.717) is 23.7 Å². The molecule has 6 nitrogen and oxygen atoms in total. The average Bonchev–Trinajstić information content (AvgIpc) is 2.68. The molecule has 0 heterocycles. The third-order valence-corrected chi connectivity index (χ3v) is 5.97. The minimum absolute atomic E-state index is 0.0967. The molecule has 168 valence electrons. The molecule has 6 heteroatoms. The van der Waals surface area contributed by atoms with Crippen LogP contribution in [0.1, 0.15) is 65.9 Å². The Balaban J connectivity index is 1.82. The maximum Gasteiger partial charge on any atom is 0.333 e. The molecule has 2 rings (SSSR count). The summed E-state index contributed by atoms with van der Waals surface area (Å²) in [6.45, 7) is 10.7. The molecule has 0 aromatic heterocycles. The number of rotatable bonds is 9. The van der Waals surface area contributed by atoms with Crippen LogP contribution in [0.15, 0.2) is 24.3 Å². The lowest BCUT2D eigenvalue weighted by atomic mass is 9.71. The molecular weight excluding hydrogens is 382 g/mol. The maximum atomic E-state index is 12.5. The van der Waals surface area contributed by atoms with Gasteiger partial charge in [0.25, 0.3) is 5.91 Å². The maximum absolute atomic E-state index is 12.5. The van der Waals surface area contributed by atoms with Crippen LogP contribution < -0.4 is 10.1 Å². The van der Waals surface area contributed by atoms with Gasteiger partial charge in [0.05, 0.1) is 0 Å². The zero-order chi connectivity index (χ0) is 22.3. The van der Waals surface area contributed by atoms with Crippen molar-refractivity contribution in [2.24, 2.45) is 11.3 Å². The Hall–Kier alpha value is -2.08. The Morgan fingerprint density at radius 3 is 2.23 bits per heavy atom. The van der Waals surface area contributed by atoms with Gasteiger partial charge >= 0.3 is 5.97 Å². The number of benzene rings is 1. The van der Waals surface area contributed by atoms with Crippen LogP contribution in [0, 0.1) is 11.3 Å². The molecule has 1 fully saturated rings. The molecule has 1 aliphatic carbocycles. The van der Waals surface area contributed by atoms with Crippen molar-refractivity contribution in [3.8, 4) is 5.75 Å². The van der Waals surface area contributed by atoms with E-state index in [1.54, 1.807) is 26.0 Å². The summed E-state index contributed by atoms with van der Waals surface area (Å²) >= 11 is 0. The first kappa shape index (κ1) is 24.2. The molecule has 1 aromatic carbocycles. The van der Waals surface area contributed by atoms with Gasteiger partial charge in [0.1, 0.15) is 5.75 Å². The van der Waals surface area contributed by atoms with E-state index in [1.807, 2.05) is 12.1 Å². The molecule has 2 N–H and O–H groups in total. The first-order valence-electron chi connectivity index (χ1n) is 11.0. The van der Waals surface area contributed by atoms with E-state index in [0.717, 1.165) is 31.2 Å². The van der Waals surface area contributed by atoms with Crippen molar-refractivity contribution in [3.63, 3.8) is 0 Å². The zero-order valence-corrected chi connectivity index (χ0v) is 18.9. The van der Waals surface area contributed by atoms with Gasteiger partial charge in [0, 0.05) is 19.1 Å². The highest BCUT2D eigenvalue weighted by molar-refractivity contribution is 5.81. The number of carboxylic acid groups (broad SMARTS) is 1. The van der Waals surface area contributed by atoms with Crippen LogP contribution in [0.3, 0.4) is 0 Å². The second kappa shape index (κ2) is 10.8. The van der Waals surface area contributed by atoms with Crippen LogP contribution in [0.25, 0.3) is 0 Å². The summed E-state index contributed by atoms with van der Waals surface area (Å²) in [5.41, 5.74) is 1.17. The Morgan fingerprint density at radius 1 is 1.13 bits per heavy atom. The van der Waals surface area contributed by atoms with Crippen LogP contribution >= 0.6 is 0 Å². The summed E-state index contributed by atoms with van der Waals surface area (Å²) in [7, 11) is 0. The lowest BCUT2D eigenvalue weighted by molar-refractivity contribution is -0.150. The fraction of sp³-hybridized carbons (Fsp3) is 0.667. The van der Waals surface area contributed by atoms with Gasteiger partial charge in [-0.05, 0) is 68.6 Å². The van der Waals surface area contributed by atoms with Crippen molar-refractivity contribution in [1.29, 1.82) is 0 Å². The molecule has 1 amide bonds. The number of aliphatic carboxylic acids is 1. The molecule has 0 aliphatic heterocycles. The van der Waals surface area contributed by atoms with E-state index in [-0.39, 0.29) is 18.4 Å². The first-order chi connectivity index (χ1) is 14.1. The SMILES string of the molecule is CCO[C@@H](Cc1ccc(OC(C)C(=O)N[C@H]2CC[C@H](C(C)(C)C)CC2)cc1)C(=O)O. The zero-order valence-electron chi connectivity index (χ0n) is 18.9. The number of carboxylic acids is 1. The Labute approximate surface area is 180 Å². The molecule has 0 radical (unpaired) electrons. The molecule has 1 aromatic rings. The molecule has 30 heavy (non-hydrogen) atoms. The lowest BCUT2D eigenvalue weighted by Crippen LogP contribution is -2.44. The molecule has 0 bridgehead atoms. The molecule has 1 unspecified atom stereocenters. The average molecular weight is 420 g/mol. The number of hydrogen-bond acceptors (Lipinski definition) is 4. The van der Waals surface area contributed by atoms with Gasteiger partial charge in [0.15, 0.2) is 12.2 Å². The summed E-state index contributed by atoms with van der Waals surface area (Å²) in [6.07, 6.45) is 3.15. The standard InChI is InChI=1S/C24H37NO5/c1-6-29-21(23(27)28)15-17-7-13-20(14-8-17)30-16(2)22(26)25-19-11-9-18(10-12-19)24(3,4)5/h7-8,13-14,16,18-19,21H,6,9-12,15H2,1-5H3,(H,25,26)(H,27,28)/t16?,18-,19-,21-/m0/s1. The first-order valence-corrected chi connectivity index (χ1v) is 11.0. The number of hydrogen-bond donors (Lipinski definition) is 2. The van der Waals surface area contributed by atoms with Crippen LogP contribution in [-0.2, 0) is 20.7 Å². The Kier molecular flexibility index (Phi) is 8.71. The smallest absolute Gasteiger partial charge is 0.333 e. The normalized spacial score (nSPS) is 21.5. The number of nitrogens with one attached hydrogen (secondary N) is 1. The van der Waals surface area contributed by atoms with E-state index in [4.69, 9.17) is 9.47 Å². The van der Waals surface area contributed by atoms with Gasteiger partial charge in [-0.2, -0.15) is 0 Å². The summed E-state index contributed by atoms with van der Waals surface area (Å²) in [5.74, 6) is 0.224. The van der Waals surface area contributed by atoms with Crippen LogP contribution in [0.2, 0.25) is 0 Å². The molecule has 0 spiro atoms. The van der Waals surface area contributed by atoms with Crippen molar-refractivity contribution in [2.75, 3.05) is 6.61 Å². The Bertz CT molecular complexity index is 687. The largest absolute Gasteiger partial charge is 0.481 e. The third-order valence-electron chi connectivity index (χ3n) is 5.97. The van der Waals surface area contributed by atoms with Crippen molar-refractivity contribution < 1.29 is 24.2 Å². The summed E-state index contributed by atoms with van der Waals surface area (Å²) in [6, 6.07) is 7.36.